The van der Waals surface area contributed by atoms with Crippen molar-refractivity contribution < 1.29 is 0 Å². The van der Waals surface area contributed by atoms with E-state index in [0.29, 0.717) is 0 Å². The van der Waals surface area contributed by atoms with E-state index in [1.807, 2.05) is 63.2 Å². The topological polar surface area (TPSA) is 103 Å². The first-order chi connectivity index (χ1) is 49.5. The molecular formula is C96H104N8. The highest BCUT2D eigenvalue weighted by molar-refractivity contribution is 5.89. The van der Waals surface area contributed by atoms with E-state index in [1.54, 1.807) is 0 Å². The molecular weight excluding hydrogens is 1270 g/mol. The van der Waals surface area contributed by atoms with Crippen LogP contribution in [0, 0.1) is 166 Å². The van der Waals surface area contributed by atoms with Crippen molar-refractivity contribution in [1.29, 1.82) is 0 Å². The molecule has 0 aliphatic carbocycles. The first kappa shape index (κ1) is 77.2. The largest absolute Gasteiger partial charge is 0.256 e. The van der Waals surface area contributed by atoms with Crippen LogP contribution in [-0.4, -0.2) is 39.9 Å². The predicted octanol–water partition coefficient (Wildman–Crippen LogP) is 25.3. The summed E-state index contributed by atoms with van der Waals surface area (Å²) in [7, 11) is 0. The Morgan fingerprint density at radius 3 is 1.28 bits per heavy atom. The standard InChI is InChI=1S/8C12H13N/c1-8-4-11-5-9(2)10(3)6-12(11)13-7-8;1-8-4-6-11-7-5-9(2)13-12(11)10(8)3;1-8-6-11-5-4-10(3)13-12(11)7-9(8)2;1-8-6-11-5-4-9(2)10(3)12(11)13-7-8;1-8-4-5-13-12-7-10(3)9(2)6-11(8)12;1-8-4-5-11-9(2)6-7-13-12(11)10(8)3;1-8-7-12-11(5-4-6-13-12)10(3)9(8)2;1-8-7-9(2)11-5-4-6-13-12(11)10(8)3/h8*4-7H,1-3H3. The zero-order valence-electron chi connectivity index (χ0n) is 66.1. The van der Waals surface area contributed by atoms with E-state index in [1.165, 1.54) is 165 Å². The summed E-state index contributed by atoms with van der Waals surface area (Å²) in [4.78, 5) is 35.3. The minimum absolute atomic E-state index is 1.08. The van der Waals surface area contributed by atoms with Gasteiger partial charge in [-0.3, -0.25) is 39.9 Å². The molecule has 0 amide bonds. The summed E-state index contributed by atoms with van der Waals surface area (Å²) in [6.45, 7) is 50.8. The van der Waals surface area contributed by atoms with Crippen molar-refractivity contribution in [3.05, 3.63) is 329 Å². The molecule has 8 nitrogen and oxygen atoms in total. The van der Waals surface area contributed by atoms with Crippen LogP contribution in [0.1, 0.15) is 134 Å². The van der Waals surface area contributed by atoms with Gasteiger partial charge in [-0.25, -0.2) is 0 Å². The zero-order valence-corrected chi connectivity index (χ0v) is 66.1. The van der Waals surface area contributed by atoms with Crippen LogP contribution in [0.5, 0.6) is 0 Å². The quantitative estimate of drug-likeness (QED) is 0.148. The molecule has 0 fully saturated rings. The van der Waals surface area contributed by atoms with Gasteiger partial charge in [0.15, 0.2) is 0 Å². The highest BCUT2D eigenvalue weighted by Gasteiger charge is 2.09. The summed E-state index contributed by atoms with van der Waals surface area (Å²) in [6.07, 6.45) is 11.3. The monoisotopic (exact) mass is 1370 g/mol. The molecule has 0 aliphatic heterocycles. The molecule has 8 heteroatoms. The smallest absolute Gasteiger partial charge is 0.0736 e. The molecule has 0 unspecified atom stereocenters. The number of fused-ring (bicyclic) bond motifs is 8. The molecule has 528 valence electrons. The lowest BCUT2D eigenvalue weighted by Gasteiger charge is -2.07. The maximum atomic E-state index is 4.54. The molecule has 0 spiro atoms. The van der Waals surface area contributed by atoms with Gasteiger partial charge in [-0.2, -0.15) is 0 Å². The molecule has 0 aliphatic rings. The molecule has 104 heavy (non-hydrogen) atoms. The van der Waals surface area contributed by atoms with Crippen LogP contribution in [0.4, 0.5) is 0 Å². The fraction of sp³-hybridized carbons (Fsp3) is 0.250. The number of benzene rings is 8. The van der Waals surface area contributed by atoms with E-state index < -0.39 is 0 Å². The Kier molecular flexibility index (Phi) is 25.5. The van der Waals surface area contributed by atoms with Crippen LogP contribution in [0.3, 0.4) is 0 Å². The van der Waals surface area contributed by atoms with Crippen molar-refractivity contribution in [3.8, 4) is 0 Å². The Morgan fingerprint density at radius 2 is 0.615 bits per heavy atom. The normalized spacial score (nSPS) is 10.7. The third-order valence-corrected chi connectivity index (χ3v) is 20.5. The van der Waals surface area contributed by atoms with Gasteiger partial charge in [0.25, 0.3) is 0 Å². The molecule has 0 bridgehead atoms. The average molecular weight is 1370 g/mol. The van der Waals surface area contributed by atoms with Gasteiger partial charge in [0.05, 0.1) is 44.1 Å². The van der Waals surface area contributed by atoms with Crippen molar-refractivity contribution in [2.24, 2.45) is 0 Å². The second kappa shape index (κ2) is 34.3. The molecule has 8 aromatic carbocycles. The third kappa shape index (κ3) is 18.8. The summed E-state index contributed by atoms with van der Waals surface area (Å²) in [5.74, 6) is 0. The fourth-order valence-electron chi connectivity index (χ4n) is 12.6. The van der Waals surface area contributed by atoms with Gasteiger partial charge in [0.2, 0.25) is 0 Å². The van der Waals surface area contributed by atoms with Crippen molar-refractivity contribution >= 4 is 87.2 Å². The Hall–Kier alpha value is -11.0. The Balaban J connectivity index is 0.000000138. The van der Waals surface area contributed by atoms with Crippen LogP contribution < -0.4 is 0 Å². The van der Waals surface area contributed by atoms with Gasteiger partial charge in [-0.15, -0.1) is 0 Å². The van der Waals surface area contributed by atoms with Crippen molar-refractivity contribution in [3.63, 3.8) is 0 Å². The van der Waals surface area contributed by atoms with Crippen molar-refractivity contribution in [2.75, 3.05) is 0 Å². The van der Waals surface area contributed by atoms with E-state index in [9.17, 15) is 0 Å². The SMILES string of the molecule is Cc1cc(C)c2cccnc2c1C.Cc1cc2nccc(C)c2cc1C.Cc1cc2ncccc2c(C)c1C.Cc1ccc2c(C)ccnc2c1C.Cc1ccc2cc(C)c(C)cc2n1.Cc1ccc2ccc(C)c(C)c2n1.Cc1cnc2c(C)c(C)ccc2c1.Cc1cnc2cc(C)c(C)cc2c1. The van der Waals surface area contributed by atoms with Crippen molar-refractivity contribution in [2.45, 2.75) is 166 Å². The minimum Gasteiger partial charge on any atom is -0.256 e. The van der Waals surface area contributed by atoms with E-state index in [2.05, 4.69) is 338 Å². The number of pyridine rings is 8. The van der Waals surface area contributed by atoms with Crippen molar-refractivity contribution in [1.82, 2.24) is 39.9 Å². The average Bonchev–Trinajstić information content (AvgIpc) is 0.812. The molecule has 8 heterocycles. The number of hydrogen-bond acceptors (Lipinski definition) is 8. The number of nitrogens with zero attached hydrogens (tertiary/aromatic N) is 8. The van der Waals surface area contributed by atoms with Gasteiger partial charge >= 0.3 is 0 Å². The lowest BCUT2D eigenvalue weighted by Crippen LogP contribution is -1.89. The molecule has 0 radical (unpaired) electrons. The van der Waals surface area contributed by atoms with Gasteiger partial charge in [-0.05, 0) is 380 Å². The van der Waals surface area contributed by atoms with Gasteiger partial charge < -0.3 is 0 Å². The van der Waals surface area contributed by atoms with Crippen LogP contribution >= 0.6 is 0 Å². The first-order valence-corrected chi connectivity index (χ1v) is 36.1. The second-order valence-electron chi connectivity index (χ2n) is 28.5. The zero-order chi connectivity index (χ0) is 75.4. The first-order valence-electron chi connectivity index (χ1n) is 36.1. The van der Waals surface area contributed by atoms with E-state index in [0.717, 1.165) is 55.5 Å². The van der Waals surface area contributed by atoms with Crippen LogP contribution in [0.15, 0.2) is 195 Å². The molecule has 8 aromatic heterocycles. The second-order valence-corrected chi connectivity index (χ2v) is 28.5. The van der Waals surface area contributed by atoms with Crippen LogP contribution in [0.25, 0.3) is 87.2 Å². The minimum atomic E-state index is 1.08. The third-order valence-electron chi connectivity index (χ3n) is 20.5. The number of hydrogen-bond donors (Lipinski definition) is 0. The molecule has 0 atom stereocenters. The summed E-state index contributed by atoms with van der Waals surface area (Å²) < 4.78 is 0. The molecule has 0 saturated heterocycles. The predicted molar refractivity (Wildman–Crippen MR) is 448 cm³/mol. The van der Waals surface area contributed by atoms with E-state index in [4.69, 9.17) is 0 Å². The fourth-order valence-corrected chi connectivity index (χ4v) is 12.6. The maximum Gasteiger partial charge on any atom is 0.0736 e. The number of aryl methyl sites for hydroxylation is 23. The van der Waals surface area contributed by atoms with Gasteiger partial charge in [-0.1, -0.05) is 66.7 Å². The number of rotatable bonds is 0. The summed E-state index contributed by atoms with van der Waals surface area (Å²) in [6, 6.07) is 55.4. The lowest BCUT2D eigenvalue weighted by molar-refractivity contribution is 1.23. The molecule has 0 saturated carbocycles. The van der Waals surface area contributed by atoms with E-state index >= 15 is 0 Å². The van der Waals surface area contributed by atoms with Gasteiger partial charge in [0, 0.05) is 91.7 Å². The summed E-state index contributed by atoms with van der Waals surface area (Å²) in [5, 5.41) is 10.0. The van der Waals surface area contributed by atoms with E-state index in [-0.39, 0.29) is 0 Å². The van der Waals surface area contributed by atoms with Crippen LogP contribution in [-0.2, 0) is 0 Å². The highest BCUT2D eigenvalue weighted by Crippen LogP contribution is 2.28. The number of aromatic nitrogens is 8. The summed E-state index contributed by atoms with van der Waals surface area (Å²) in [5.41, 5.74) is 39.9. The molecule has 16 aromatic rings. The van der Waals surface area contributed by atoms with Gasteiger partial charge in [0.1, 0.15) is 0 Å². The Labute approximate surface area is 618 Å². The summed E-state index contributed by atoms with van der Waals surface area (Å²) >= 11 is 0. The maximum absolute atomic E-state index is 4.54. The Bertz CT molecular complexity index is 5610. The highest BCUT2D eigenvalue weighted by atomic mass is 14.7. The van der Waals surface area contributed by atoms with Crippen LogP contribution in [0.2, 0.25) is 0 Å². The molecule has 0 N–H and O–H groups in total. The Morgan fingerprint density at radius 1 is 0.192 bits per heavy atom. The lowest BCUT2D eigenvalue weighted by atomic mass is 10.00. The molecule has 16 rings (SSSR count).